The van der Waals surface area contributed by atoms with E-state index in [-0.39, 0.29) is 11.2 Å². The minimum absolute atomic E-state index is 0.00302. The molecule has 0 amide bonds. The molecule has 30 heavy (non-hydrogen) atoms. The molecule has 0 radical (unpaired) electrons. The van der Waals surface area contributed by atoms with Gasteiger partial charge in [-0.2, -0.15) is 5.10 Å². The predicted molar refractivity (Wildman–Crippen MR) is 113 cm³/mol. The second-order valence-corrected chi connectivity index (χ2v) is 8.06. The maximum atomic E-state index is 13.2. The summed E-state index contributed by atoms with van der Waals surface area (Å²) < 4.78 is 14.5. The van der Waals surface area contributed by atoms with Gasteiger partial charge in [0.1, 0.15) is 11.4 Å². The number of hydrogen-bond donors (Lipinski definition) is 1. The number of aromatic nitrogens is 5. The predicted octanol–water partition coefficient (Wildman–Crippen LogP) is 4.14. The molecule has 0 spiro atoms. The molecule has 1 aromatic carbocycles. The Kier molecular flexibility index (Phi) is 5.24. The maximum absolute atomic E-state index is 13.2. The van der Waals surface area contributed by atoms with Crippen molar-refractivity contribution in [2.45, 2.75) is 39.2 Å². The number of phenolic OH excluding ortho intramolecular Hbond substituents is 1. The molecule has 2 heterocycles. The van der Waals surface area contributed by atoms with Crippen molar-refractivity contribution in [2.24, 2.45) is 5.41 Å². The molecule has 1 N–H and O–H groups in total. The van der Waals surface area contributed by atoms with Crippen LogP contribution in [0.15, 0.2) is 48.9 Å². The highest BCUT2D eigenvalue weighted by atomic mass is 19.1. The molecule has 2 atom stereocenters. The van der Waals surface area contributed by atoms with Crippen molar-refractivity contribution in [3.8, 4) is 22.7 Å². The molecule has 2 aromatic heterocycles. The number of halogens is 1. The van der Waals surface area contributed by atoms with Crippen LogP contribution in [0.25, 0.3) is 16.9 Å². The lowest BCUT2D eigenvalue weighted by Crippen LogP contribution is -2.38. The lowest BCUT2D eigenvalue weighted by Gasteiger charge is -2.37. The highest BCUT2D eigenvalue weighted by Crippen LogP contribution is 2.36. The Balaban J connectivity index is 1.53. The van der Waals surface area contributed by atoms with Crippen molar-refractivity contribution in [1.82, 2.24) is 25.0 Å². The average molecular weight is 408 g/mol. The molecule has 7 nitrogen and oxygen atoms in total. The minimum Gasteiger partial charge on any atom is -0.507 e. The van der Waals surface area contributed by atoms with E-state index in [1.165, 1.54) is 16.9 Å². The number of anilines is 1. The normalized spacial score (nSPS) is 21.0. The van der Waals surface area contributed by atoms with E-state index >= 15 is 0 Å². The van der Waals surface area contributed by atoms with Crippen LogP contribution in [0.4, 0.5) is 10.3 Å². The molecule has 0 fully saturated rings. The van der Waals surface area contributed by atoms with Crippen LogP contribution in [0.2, 0.25) is 0 Å². The SMILES string of the molecule is CC[C@]1(C)C=CC[C@H](N(C)c2ncc(-c3ccc(-n4cc(F)cn4)cc3O)nn2)C1. The van der Waals surface area contributed by atoms with Crippen molar-refractivity contribution in [2.75, 3.05) is 11.9 Å². The summed E-state index contributed by atoms with van der Waals surface area (Å²) in [6.45, 7) is 4.48. The van der Waals surface area contributed by atoms with E-state index in [0.717, 1.165) is 25.5 Å². The van der Waals surface area contributed by atoms with Crippen LogP contribution < -0.4 is 4.90 Å². The van der Waals surface area contributed by atoms with Crippen LogP contribution in [-0.4, -0.2) is 43.2 Å². The second kappa shape index (κ2) is 7.85. The summed E-state index contributed by atoms with van der Waals surface area (Å²) in [5.74, 6) is 0.110. The first-order valence-electron chi connectivity index (χ1n) is 10.0. The summed E-state index contributed by atoms with van der Waals surface area (Å²) in [7, 11) is 1.99. The van der Waals surface area contributed by atoms with Gasteiger partial charge in [-0.05, 0) is 36.8 Å². The van der Waals surface area contributed by atoms with Crippen molar-refractivity contribution in [3.05, 3.63) is 54.8 Å². The smallest absolute Gasteiger partial charge is 0.245 e. The first-order chi connectivity index (χ1) is 14.4. The highest BCUT2D eigenvalue weighted by molar-refractivity contribution is 5.68. The fourth-order valence-corrected chi connectivity index (χ4v) is 3.80. The quantitative estimate of drug-likeness (QED) is 0.639. The fraction of sp³-hybridized carbons (Fsp3) is 0.364. The van der Waals surface area contributed by atoms with Gasteiger partial charge in [0.2, 0.25) is 5.95 Å². The minimum atomic E-state index is -0.443. The van der Waals surface area contributed by atoms with Gasteiger partial charge < -0.3 is 10.0 Å². The van der Waals surface area contributed by atoms with E-state index in [9.17, 15) is 9.50 Å². The highest BCUT2D eigenvalue weighted by Gasteiger charge is 2.30. The third-order valence-corrected chi connectivity index (χ3v) is 5.92. The molecule has 3 aromatic rings. The van der Waals surface area contributed by atoms with Gasteiger partial charge >= 0.3 is 0 Å². The number of benzene rings is 1. The third kappa shape index (κ3) is 3.90. The fourth-order valence-electron chi connectivity index (χ4n) is 3.80. The second-order valence-electron chi connectivity index (χ2n) is 8.06. The van der Waals surface area contributed by atoms with Crippen molar-refractivity contribution in [3.63, 3.8) is 0 Å². The van der Waals surface area contributed by atoms with E-state index in [0.29, 0.717) is 28.9 Å². The molecule has 156 valence electrons. The molecule has 4 rings (SSSR count). The van der Waals surface area contributed by atoms with Crippen LogP contribution >= 0.6 is 0 Å². The number of aromatic hydroxyl groups is 1. The van der Waals surface area contributed by atoms with E-state index in [4.69, 9.17) is 0 Å². The number of allylic oxidation sites excluding steroid dienone is 1. The third-order valence-electron chi connectivity index (χ3n) is 5.92. The van der Waals surface area contributed by atoms with Crippen LogP contribution in [0.3, 0.4) is 0 Å². The van der Waals surface area contributed by atoms with Gasteiger partial charge in [0.15, 0.2) is 5.82 Å². The van der Waals surface area contributed by atoms with Crippen LogP contribution in [0, 0.1) is 11.2 Å². The number of nitrogens with zero attached hydrogens (tertiary/aromatic N) is 6. The van der Waals surface area contributed by atoms with Crippen molar-refractivity contribution >= 4 is 5.95 Å². The van der Waals surface area contributed by atoms with Crippen LogP contribution in [-0.2, 0) is 0 Å². The van der Waals surface area contributed by atoms with Crippen molar-refractivity contribution < 1.29 is 9.50 Å². The Hall–Kier alpha value is -3.29. The Labute approximate surface area is 174 Å². The Bertz CT molecular complexity index is 1060. The van der Waals surface area contributed by atoms with Gasteiger partial charge in [0.05, 0.1) is 24.3 Å². The largest absolute Gasteiger partial charge is 0.507 e. The zero-order valence-electron chi connectivity index (χ0n) is 17.3. The van der Waals surface area contributed by atoms with Crippen LogP contribution in [0.1, 0.15) is 33.1 Å². The van der Waals surface area contributed by atoms with Crippen LogP contribution in [0.5, 0.6) is 5.75 Å². The maximum Gasteiger partial charge on any atom is 0.245 e. The van der Waals surface area contributed by atoms with Gasteiger partial charge in [0, 0.05) is 24.7 Å². The average Bonchev–Trinajstić information content (AvgIpc) is 3.20. The Morgan fingerprint density at radius 2 is 2.13 bits per heavy atom. The lowest BCUT2D eigenvalue weighted by atomic mass is 9.76. The summed E-state index contributed by atoms with van der Waals surface area (Å²) >= 11 is 0. The standard InChI is InChI=1S/C22H25FN6O/c1-4-22(2)9-5-6-17(11-22)28(3)21-24-13-19(26-27-21)18-8-7-16(10-20(18)30)29-14-15(23)12-25-29/h5,7-10,12-14,17,30H,4,6,11H2,1-3H3/t17-,22+/m0/s1. The molecule has 8 heteroatoms. The molecule has 0 saturated carbocycles. The summed E-state index contributed by atoms with van der Waals surface area (Å²) in [6.07, 6.45) is 11.6. The molecular weight excluding hydrogens is 383 g/mol. The van der Waals surface area contributed by atoms with Gasteiger partial charge in [-0.25, -0.2) is 14.1 Å². The number of phenols is 1. The van der Waals surface area contributed by atoms with Gasteiger partial charge in [-0.15, -0.1) is 10.2 Å². The summed E-state index contributed by atoms with van der Waals surface area (Å²) in [6, 6.07) is 5.24. The molecule has 0 bridgehead atoms. The molecule has 0 unspecified atom stereocenters. The van der Waals surface area contributed by atoms with E-state index < -0.39 is 5.82 Å². The monoisotopic (exact) mass is 408 g/mol. The summed E-state index contributed by atoms with van der Waals surface area (Å²) in [4.78, 5) is 6.55. The van der Waals surface area contributed by atoms with Gasteiger partial charge in [0.25, 0.3) is 0 Å². The van der Waals surface area contributed by atoms with E-state index in [1.54, 1.807) is 18.3 Å². The van der Waals surface area contributed by atoms with Gasteiger partial charge in [-0.1, -0.05) is 26.0 Å². The van der Waals surface area contributed by atoms with E-state index in [1.807, 2.05) is 7.05 Å². The summed E-state index contributed by atoms with van der Waals surface area (Å²) in [5, 5.41) is 22.9. The first kappa shape index (κ1) is 20.0. The molecule has 0 saturated heterocycles. The van der Waals surface area contributed by atoms with E-state index in [2.05, 4.69) is 51.2 Å². The molecular formula is C22H25FN6O. The molecule has 1 aliphatic rings. The summed E-state index contributed by atoms with van der Waals surface area (Å²) in [5.41, 5.74) is 1.70. The molecule has 1 aliphatic carbocycles. The zero-order valence-corrected chi connectivity index (χ0v) is 17.3. The topological polar surface area (TPSA) is 80.0 Å². The lowest BCUT2D eigenvalue weighted by molar-refractivity contribution is 0.318. The number of hydrogen-bond acceptors (Lipinski definition) is 6. The molecule has 0 aliphatic heterocycles. The van der Waals surface area contributed by atoms with Crippen molar-refractivity contribution in [1.29, 1.82) is 0 Å². The zero-order chi connectivity index (χ0) is 21.3. The Morgan fingerprint density at radius 1 is 1.30 bits per heavy atom. The number of rotatable bonds is 5. The Morgan fingerprint density at radius 3 is 2.77 bits per heavy atom. The van der Waals surface area contributed by atoms with Gasteiger partial charge in [-0.3, -0.25) is 0 Å². The first-order valence-corrected chi connectivity index (χ1v) is 10.0.